The van der Waals surface area contributed by atoms with E-state index in [1.807, 2.05) is 18.2 Å². The van der Waals surface area contributed by atoms with Crippen molar-refractivity contribution in [1.82, 2.24) is 0 Å². The molecule has 3 nitrogen and oxygen atoms in total. The van der Waals surface area contributed by atoms with E-state index in [1.165, 1.54) is 0 Å². The molecule has 0 N–H and O–H groups in total. The van der Waals surface area contributed by atoms with Crippen LogP contribution in [0.25, 0.3) is 0 Å². The second-order valence-electron chi connectivity index (χ2n) is 4.07. The molecule has 0 saturated heterocycles. The van der Waals surface area contributed by atoms with Gasteiger partial charge >= 0.3 is 29.6 Å². The third-order valence-corrected chi connectivity index (χ3v) is 3.66. The number of unbranched alkanes of at least 4 members (excludes halogenated alkanes) is 3. The van der Waals surface area contributed by atoms with Crippen LogP contribution in [0.5, 0.6) is 0 Å². The summed E-state index contributed by atoms with van der Waals surface area (Å²) in [4.78, 5) is 0. The molecular weight excluding hydrogens is 259 g/mol. The number of benzene rings is 1. The van der Waals surface area contributed by atoms with E-state index in [-0.39, 0.29) is 35.3 Å². The normalized spacial score (nSPS) is 10.9. The van der Waals surface area contributed by atoms with Crippen LogP contribution in [-0.4, -0.2) is 44.6 Å². The van der Waals surface area contributed by atoms with Crippen LogP contribution in [0, 0.1) is 0 Å². The molecule has 0 aliphatic rings. The first-order chi connectivity index (χ1) is 8.14. The van der Waals surface area contributed by atoms with Crippen LogP contribution in [0.4, 0.5) is 0 Å². The van der Waals surface area contributed by atoms with Gasteiger partial charge in [0.1, 0.15) is 5.75 Å². The summed E-state index contributed by atoms with van der Waals surface area (Å²) in [6, 6.07) is 9.09. The Bertz CT molecular complexity index is 404. The van der Waals surface area contributed by atoms with Crippen molar-refractivity contribution in [3.05, 3.63) is 35.9 Å². The molecule has 0 fully saturated rings. The van der Waals surface area contributed by atoms with Crippen molar-refractivity contribution in [3.8, 4) is 0 Å². The van der Waals surface area contributed by atoms with Gasteiger partial charge in [-0.2, -0.15) is 8.42 Å². The zero-order chi connectivity index (χ0) is 12.6. The van der Waals surface area contributed by atoms with Gasteiger partial charge in [-0.3, -0.25) is 4.18 Å². The first-order valence-electron chi connectivity index (χ1n) is 6.05. The fraction of sp³-hybridized carbons (Fsp3) is 0.538. The van der Waals surface area contributed by atoms with Crippen LogP contribution in [0.15, 0.2) is 30.3 Å². The van der Waals surface area contributed by atoms with Crippen LogP contribution in [-0.2, 0) is 20.1 Å². The quantitative estimate of drug-likeness (QED) is 0.417. The van der Waals surface area contributed by atoms with E-state index in [0.29, 0.717) is 6.61 Å². The predicted molar refractivity (Wildman–Crippen MR) is 76.3 cm³/mol. The molecule has 0 aliphatic heterocycles. The van der Waals surface area contributed by atoms with Gasteiger partial charge < -0.3 is 0 Å². The second-order valence-corrected chi connectivity index (χ2v) is 5.71. The molecule has 1 aromatic rings. The molecule has 0 atom stereocenters. The van der Waals surface area contributed by atoms with Gasteiger partial charge in [-0.15, -0.1) is 0 Å². The summed E-state index contributed by atoms with van der Waals surface area (Å²) in [7, 11) is -3.42. The Labute approximate surface area is 132 Å². The van der Waals surface area contributed by atoms with Gasteiger partial charge in [0, 0.05) is 0 Å². The molecule has 0 bridgehead atoms. The summed E-state index contributed by atoms with van der Waals surface area (Å²) in [5.41, 5.74) is 0.765. The fourth-order valence-electron chi connectivity index (χ4n) is 1.53. The number of hydrogen-bond donors (Lipinski definition) is 0. The third-order valence-electron chi connectivity index (χ3n) is 2.45. The molecule has 0 saturated carbocycles. The zero-order valence-electron chi connectivity index (χ0n) is 10.3. The monoisotopic (exact) mass is 280 g/mol. The molecule has 0 aromatic heterocycles. The zero-order valence-corrected chi connectivity index (χ0v) is 11.1. The summed E-state index contributed by atoms with van der Waals surface area (Å²) in [6.45, 7) is 2.42. The summed E-state index contributed by atoms with van der Waals surface area (Å²) < 4.78 is 28.2. The van der Waals surface area contributed by atoms with E-state index < -0.39 is 10.1 Å². The Balaban J connectivity index is 0.00000289. The first kappa shape index (κ1) is 18.1. The van der Waals surface area contributed by atoms with Gasteiger partial charge in [0.2, 0.25) is 0 Å². The second kappa shape index (κ2) is 9.98. The van der Waals surface area contributed by atoms with E-state index >= 15 is 0 Å². The summed E-state index contributed by atoms with van der Waals surface area (Å²) in [6.07, 6.45) is 4.10. The molecule has 1 aromatic carbocycles. The van der Waals surface area contributed by atoms with Gasteiger partial charge in [0.25, 0.3) is 10.1 Å². The van der Waals surface area contributed by atoms with Crippen molar-refractivity contribution < 1.29 is 12.6 Å². The molecule has 0 amide bonds. The summed E-state index contributed by atoms with van der Waals surface area (Å²) in [5, 5.41) is 0. The van der Waals surface area contributed by atoms with Crippen molar-refractivity contribution in [2.24, 2.45) is 0 Å². The van der Waals surface area contributed by atoms with Gasteiger partial charge in [0.05, 0.1) is 6.61 Å². The average Bonchev–Trinajstić information content (AvgIpc) is 2.29. The predicted octanol–water partition coefficient (Wildman–Crippen LogP) is 2.46. The fourth-order valence-corrected chi connectivity index (χ4v) is 2.59. The Morgan fingerprint density at radius 3 is 2.33 bits per heavy atom. The average molecular weight is 280 g/mol. The number of rotatable bonds is 8. The Kier molecular flexibility index (Phi) is 10.1. The molecule has 0 unspecified atom stereocenters. The van der Waals surface area contributed by atoms with Crippen molar-refractivity contribution >= 4 is 39.7 Å². The maximum atomic E-state index is 11.6. The molecule has 0 spiro atoms. The minimum atomic E-state index is -3.42. The van der Waals surface area contributed by atoms with Gasteiger partial charge in [-0.1, -0.05) is 56.5 Å². The van der Waals surface area contributed by atoms with Crippen molar-refractivity contribution in [2.75, 3.05) is 6.61 Å². The molecule has 98 valence electrons. The van der Waals surface area contributed by atoms with Crippen LogP contribution in [0.2, 0.25) is 0 Å². The Hall–Kier alpha value is 0.130. The maximum absolute atomic E-state index is 11.6. The third kappa shape index (κ3) is 8.27. The van der Waals surface area contributed by atoms with E-state index in [0.717, 1.165) is 31.2 Å². The Morgan fingerprint density at radius 2 is 1.72 bits per heavy atom. The van der Waals surface area contributed by atoms with Crippen molar-refractivity contribution in [3.63, 3.8) is 0 Å². The van der Waals surface area contributed by atoms with Crippen LogP contribution in [0.1, 0.15) is 38.2 Å². The SMILES string of the molecule is CCCCCCOS(=O)(=O)Cc1ccccc1.[NaH]. The first-order valence-corrected chi connectivity index (χ1v) is 7.63. The van der Waals surface area contributed by atoms with E-state index in [1.54, 1.807) is 12.1 Å². The summed E-state index contributed by atoms with van der Waals surface area (Å²) in [5.74, 6) is -0.0401. The van der Waals surface area contributed by atoms with Gasteiger partial charge in [-0.05, 0) is 12.0 Å². The number of hydrogen-bond acceptors (Lipinski definition) is 3. The molecular formula is C13H21NaO3S. The van der Waals surface area contributed by atoms with Gasteiger partial charge in [-0.25, -0.2) is 0 Å². The molecule has 0 aliphatic carbocycles. The molecule has 1 rings (SSSR count). The van der Waals surface area contributed by atoms with E-state index in [4.69, 9.17) is 4.18 Å². The summed E-state index contributed by atoms with van der Waals surface area (Å²) >= 11 is 0. The van der Waals surface area contributed by atoms with Crippen molar-refractivity contribution in [1.29, 1.82) is 0 Å². The van der Waals surface area contributed by atoms with Crippen LogP contribution in [0.3, 0.4) is 0 Å². The van der Waals surface area contributed by atoms with E-state index in [9.17, 15) is 8.42 Å². The molecule has 0 heterocycles. The van der Waals surface area contributed by atoms with Crippen LogP contribution < -0.4 is 0 Å². The minimum absolute atomic E-state index is 0. The molecule has 0 radical (unpaired) electrons. The van der Waals surface area contributed by atoms with Gasteiger partial charge in [0.15, 0.2) is 0 Å². The standard InChI is InChI=1S/C13H20O3S.Na.H/c1-2-3-4-8-11-16-17(14,15)12-13-9-6-5-7-10-13;;/h5-7,9-10H,2-4,8,11-12H2,1H3;;. The molecule has 5 heteroatoms. The van der Waals surface area contributed by atoms with E-state index in [2.05, 4.69) is 6.92 Å². The van der Waals surface area contributed by atoms with Crippen LogP contribution >= 0.6 is 0 Å². The molecule has 18 heavy (non-hydrogen) atoms. The van der Waals surface area contributed by atoms with Crippen molar-refractivity contribution in [2.45, 2.75) is 38.4 Å². The Morgan fingerprint density at radius 1 is 1.06 bits per heavy atom. The topological polar surface area (TPSA) is 43.4 Å².